The van der Waals surface area contributed by atoms with Gasteiger partial charge in [-0.2, -0.15) is 0 Å². The third kappa shape index (κ3) is 3.88. The molecule has 20 heavy (non-hydrogen) atoms. The molecule has 1 heterocycles. The van der Waals surface area contributed by atoms with Gasteiger partial charge < -0.3 is 14.8 Å². The summed E-state index contributed by atoms with van der Waals surface area (Å²) in [6.07, 6.45) is 2.13. The summed E-state index contributed by atoms with van der Waals surface area (Å²) in [5, 5.41) is 3.95. The lowest BCUT2D eigenvalue weighted by Crippen LogP contribution is -2.29. The Kier molecular flexibility index (Phi) is 5.71. The molecule has 1 aromatic carbocycles. The van der Waals surface area contributed by atoms with Crippen LogP contribution in [0.4, 0.5) is 0 Å². The second-order valence-electron chi connectivity index (χ2n) is 4.82. The van der Waals surface area contributed by atoms with Crippen molar-refractivity contribution >= 4 is 21.8 Å². The quantitative estimate of drug-likeness (QED) is 0.809. The fourth-order valence-electron chi connectivity index (χ4n) is 2.13. The molecule has 0 spiro atoms. The summed E-state index contributed by atoms with van der Waals surface area (Å²) in [7, 11) is 0. The molecule has 0 fully saturated rings. The number of hydrogen-bond acceptors (Lipinski definition) is 3. The SMILES string of the molecule is CCC(CCBr)CNC(=O)c1ccc2c(c1)OCCO2. The Morgan fingerprint density at radius 3 is 2.80 bits per heavy atom. The summed E-state index contributed by atoms with van der Waals surface area (Å²) in [5.74, 6) is 1.81. The van der Waals surface area contributed by atoms with Crippen molar-refractivity contribution < 1.29 is 14.3 Å². The van der Waals surface area contributed by atoms with Crippen molar-refractivity contribution in [1.82, 2.24) is 5.32 Å². The first-order valence-electron chi connectivity index (χ1n) is 6.98. The fourth-order valence-corrected chi connectivity index (χ4v) is 2.78. The monoisotopic (exact) mass is 341 g/mol. The third-order valence-electron chi connectivity index (χ3n) is 3.45. The molecular formula is C15H20BrNO3. The van der Waals surface area contributed by atoms with Gasteiger partial charge in [-0.3, -0.25) is 4.79 Å². The van der Waals surface area contributed by atoms with E-state index in [-0.39, 0.29) is 5.91 Å². The van der Waals surface area contributed by atoms with E-state index in [9.17, 15) is 4.79 Å². The Morgan fingerprint density at radius 1 is 1.35 bits per heavy atom. The van der Waals surface area contributed by atoms with Gasteiger partial charge in [0.2, 0.25) is 0 Å². The molecule has 2 rings (SSSR count). The van der Waals surface area contributed by atoms with Gasteiger partial charge in [0.05, 0.1) is 0 Å². The maximum atomic E-state index is 12.1. The first-order chi connectivity index (χ1) is 9.74. The molecule has 0 bridgehead atoms. The van der Waals surface area contributed by atoms with Crippen LogP contribution in [0.5, 0.6) is 11.5 Å². The number of nitrogens with one attached hydrogen (secondary N) is 1. The van der Waals surface area contributed by atoms with Crippen LogP contribution >= 0.6 is 15.9 Å². The number of amides is 1. The van der Waals surface area contributed by atoms with E-state index in [1.807, 2.05) is 0 Å². The van der Waals surface area contributed by atoms with E-state index in [0.717, 1.165) is 18.2 Å². The maximum absolute atomic E-state index is 12.1. The van der Waals surface area contributed by atoms with Crippen LogP contribution in [0.25, 0.3) is 0 Å². The summed E-state index contributed by atoms with van der Waals surface area (Å²) in [6, 6.07) is 5.31. The van der Waals surface area contributed by atoms with Crippen LogP contribution in [-0.4, -0.2) is 31.0 Å². The van der Waals surface area contributed by atoms with Crippen molar-refractivity contribution in [2.45, 2.75) is 19.8 Å². The molecule has 0 saturated carbocycles. The molecular weight excluding hydrogens is 322 g/mol. The predicted octanol–water partition coefficient (Wildman–Crippen LogP) is 3.00. The number of fused-ring (bicyclic) bond motifs is 1. The molecule has 1 aromatic rings. The van der Waals surface area contributed by atoms with Gasteiger partial charge in [0.25, 0.3) is 5.91 Å². The van der Waals surface area contributed by atoms with Gasteiger partial charge in [0.1, 0.15) is 13.2 Å². The van der Waals surface area contributed by atoms with Gasteiger partial charge in [-0.1, -0.05) is 29.3 Å². The lowest BCUT2D eigenvalue weighted by Gasteiger charge is -2.19. The lowest BCUT2D eigenvalue weighted by molar-refractivity contribution is 0.0945. The summed E-state index contributed by atoms with van der Waals surface area (Å²) in [5.41, 5.74) is 0.614. The molecule has 5 heteroatoms. The van der Waals surface area contributed by atoms with Crippen LogP contribution in [0, 0.1) is 5.92 Å². The molecule has 1 atom stereocenters. The van der Waals surface area contributed by atoms with Crippen molar-refractivity contribution in [3.63, 3.8) is 0 Å². The summed E-state index contributed by atoms with van der Waals surface area (Å²) >= 11 is 3.44. The van der Waals surface area contributed by atoms with E-state index in [4.69, 9.17) is 9.47 Å². The number of carbonyl (C=O) groups is 1. The molecule has 4 nitrogen and oxygen atoms in total. The minimum absolute atomic E-state index is 0.0602. The highest BCUT2D eigenvalue weighted by Crippen LogP contribution is 2.30. The number of halogens is 1. The highest BCUT2D eigenvalue weighted by Gasteiger charge is 2.15. The van der Waals surface area contributed by atoms with Crippen LogP contribution < -0.4 is 14.8 Å². The number of hydrogen-bond donors (Lipinski definition) is 1. The standard InChI is InChI=1S/C15H20BrNO3/c1-2-11(5-6-16)10-17-15(18)12-3-4-13-14(9-12)20-8-7-19-13/h3-4,9,11H,2,5-8,10H2,1H3,(H,17,18). The first-order valence-corrected chi connectivity index (χ1v) is 8.10. The fraction of sp³-hybridized carbons (Fsp3) is 0.533. The molecule has 110 valence electrons. The van der Waals surface area contributed by atoms with E-state index in [1.165, 1.54) is 0 Å². The second-order valence-corrected chi connectivity index (χ2v) is 5.61. The molecule has 1 amide bonds. The van der Waals surface area contributed by atoms with Crippen molar-refractivity contribution in [1.29, 1.82) is 0 Å². The zero-order valence-corrected chi connectivity index (χ0v) is 13.2. The van der Waals surface area contributed by atoms with Crippen molar-refractivity contribution in [3.8, 4) is 11.5 Å². The molecule has 0 aliphatic carbocycles. The Morgan fingerprint density at radius 2 is 2.10 bits per heavy atom. The number of benzene rings is 1. The zero-order chi connectivity index (χ0) is 14.4. The van der Waals surface area contributed by atoms with Crippen LogP contribution in [0.3, 0.4) is 0 Å². The average molecular weight is 342 g/mol. The van der Waals surface area contributed by atoms with Gasteiger partial charge >= 0.3 is 0 Å². The number of ether oxygens (including phenoxy) is 2. The van der Waals surface area contributed by atoms with Crippen LogP contribution in [0.1, 0.15) is 30.1 Å². The van der Waals surface area contributed by atoms with Gasteiger partial charge in [-0.25, -0.2) is 0 Å². The zero-order valence-electron chi connectivity index (χ0n) is 11.7. The van der Waals surface area contributed by atoms with Gasteiger partial charge in [0.15, 0.2) is 11.5 Å². The van der Waals surface area contributed by atoms with E-state index < -0.39 is 0 Å². The van der Waals surface area contributed by atoms with E-state index in [2.05, 4.69) is 28.2 Å². The highest BCUT2D eigenvalue weighted by molar-refractivity contribution is 9.09. The molecule has 0 radical (unpaired) electrons. The van der Waals surface area contributed by atoms with Crippen molar-refractivity contribution in [2.75, 3.05) is 25.1 Å². The van der Waals surface area contributed by atoms with E-state index >= 15 is 0 Å². The number of rotatable bonds is 6. The van der Waals surface area contributed by atoms with Crippen molar-refractivity contribution in [3.05, 3.63) is 23.8 Å². The van der Waals surface area contributed by atoms with E-state index in [0.29, 0.717) is 42.7 Å². The Bertz CT molecular complexity index is 464. The summed E-state index contributed by atoms with van der Waals surface area (Å²) in [6.45, 7) is 3.93. The summed E-state index contributed by atoms with van der Waals surface area (Å²) in [4.78, 5) is 12.1. The molecule has 1 unspecified atom stereocenters. The normalized spacial score (nSPS) is 14.7. The van der Waals surface area contributed by atoms with Crippen LogP contribution in [-0.2, 0) is 0 Å². The highest BCUT2D eigenvalue weighted by atomic mass is 79.9. The summed E-state index contributed by atoms with van der Waals surface area (Å²) < 4.78 is 10.9. The minimum atomic E-state index is -0.0602. The van der Waals surface area contributed by atoms with E-state index in [1.54, 1.807) is 18.2 Å². The number of alkyl halides is 1. The van der Waals surface area contributed by atoms with Gasteiger partial charge in [-0.05, 0) is 30.5 Å². The Balaban J connectivity index is 1.95. The molecule has 0 aromatic heterocycles. The van der Waals surface area contributed by atoms with Crippen molar-refractivity contribution in [2.24, 2.45) is 5.92 Å². The average Bonchev–Trinajstić information content (AvgIpc) is 2.50. The molecule has 1 aliphatic rings. The smallest absolute Gasteiger partial charge is 0.251 e. The predicted molar refractivity (Wildman–Crippen MR) is 82.0 cm³/mol. The molecule has 0 saturated heterocycles. The Labute approximate surface area is 128 Å². The minimum Gasteiger partial charge on any atom is -0.486 e. The topological polar surface area (TPSA) is 47.6 Å². The lowest BCUT2D eigenvalue weighted by atomic mass is 10.0. The van der Waals surface area contributed by atoms with Gasteiger partial charge in [-0.15, -0.1) is 0 Å². The molecule has 1 N–H and O–H groups in total. The van der Waals surface area contributed by atoms with Crippen LogP contribution in [0.2, 0.25) is 0 Å². The largest absolute Gasteiger partial charge is 0.486 e. The number of carbonyl (C=O) groups excluding carboxylic acids is 1. The van der Waals surface area contributed by atoms with Gasteiger partial charge in [0, 0.05) is 17.4 Å². The Hall–Kier alpha value is -1.23. The van der Waals surface area contributed by atoms with Crippen LogP contribution in [0.15, 0.2) is 18.2 Å². The third-order valence-corrected chi connectivity index (χ3v) is 3.91. The second kappa shape index (κ2) is 7.53. The maximum Gasteiger partial charge on any atom is 0.251 e. The molecule has 1 aliphatic heterocycles. The first kappa shape index (κ1) is 15.2.